The molecule has 2 aromatic carbocycles. The van der Waals surface area contributed by atoms with Gasteiger partial charge in [-0.05, 0) is 97.8 Å². The van der Waals surface area contributed by atoms with Crippen LogP contribution in [0.25, 0.3) is 11.3 Å². The Morgan fingerprint density at radius 2 is 1.71 bits per heavy atom. The van der Waals surface area contributed by atoms with Crippen LogP contribution in [0.4, 0.5) is 11.6 Å². The average Bonchev–Trinajstić information content (AvgIpc) is 3.02. The van der Waals surface area contributed by atoms with Gasteiger partial charge < -0.3 is 14.4 Å². The van der Waals surface area contributed by atoms with E-state index >= 15 is 0 Å². The number of hydrogen-bond acceptors (Lipinski definition) is 8. The van der Waals surface area contributed by atoms with Gasteiger partial charge in [0.2, 0.25) is 11.8 Å². The van der Waals surface area contributed by atoms with Gasteiger partial charge in [0.1, 0.15) is 0 Å². The predicted octanol–water partition coefficient (Wildman–Crippen LogP) is 8.19. The molecule has 7 nitrogen and oxygen atoms in total. The molecule has 2 unspecified atom stereocenters. The lowest BCUT2D eigenvalue weighted by Gasteiger charge is -2.33. The van der Waals surface area contributed by atoms with Gasteiger partial charge in [0.25, 0.3) is 0 Å². The number of hydrogen-bond donors (Lipinski definition) is 1. The van der Waals surface area contributed by atoms with E-state index in [0.29, 0.717) is 18.4 Å². The maximum absolute atomic E-state index is 6.75. The summed E-state index contributed by atoms with van der Waals surface area (Å²) in [5.41, 5.74) is 9.06. The van der Waals surface area contributed by atoms with Crippen LogP contribution in [0.1, 0.15) is 61.1 Å². The van der Waals surface area contributed by atoms with Crippen LogP contribution < -0.4 is 14.4 Å². The fraction of sp³-hybridized carbons (Fsp3) is 0.432. The van der Waals surface area contributed by atoms with Crippen LogP contribution >= 0.6 is 11.9 Å². The molecule has 6 rings (SSSR count). The van der Waals surface area contributed by atoms with Crippen molar-refractivity contribution < 1.29 is 9.47 Å². The molecular weight excluding hydrogens is 579 g/mol. The monoisotopic (exact) mass is 623 g/mol. The van der Waals surface area contributed by atoms with E-state index in [1.165, 1.54) is 16.7 Å². The Labute approximate surface area is 272 Å². The number of morpholine rings is 1. The number of anilines is 2. The predicted molar refractivity (Wildman–Crippen MR) is 184 cm³/mol. The van der Waals surface area contributed by atoms with Crippen LogP contribution in [0.15, 0.2) is 65.7 Å². The Kier molecular flexibility index (Phi) is 9.33. The first kappa shape index (κ1) is 31.4. The number of aromatic nitrogens is 3. The fourth-order valence-corrected chi connectivity index (χ4v) is 7.29. The van der Waals surface area contributed by atoms with Crippen LogP contribution in [0.3, 0.4) is 0 Å². The minimum atomic E-state index is 0.111. The molecule has 2 aromatic heterocycles. The van der Waals surface area contributed by atoms with Crippen LogP contribution in [0.5, 0.6) is 5.88 Å². The number of ether oxygens (including phenoxy) is 2. The van der Waals surface area contributed by atoms with Crippen molar-refractivity contribution in [2.45, 2.75) is 65.2 Å². The molecule has 0 spiro atoms. The quantitative estimate of drug-likeness (QED) is 0.223. The van der Waals surface area contributed by atoms with E-state index < -0.39 is 0 Å². The zero-order valence-corrected chi connectivity index (χ0v) is 28.2. The van der Waals surface area contributed by atoms with Crippen molar-refractivity contribution in [2.75, 3.05) is 42.5 Å². The molecule has 4 bridgehead atoms. The summed E-state index contributed by atoms with van der Waals surface area (Å²) < 4.78 is 15.7. The maximum atomic E-state index is 6.75. The Morgan fingerprint density at radius 3 is 2.42 bits per heavy atom. The largest absolute Gasteiger partial charge is 0.477 e. The Morgan fingerprint density at radius 1 is 0.956 bits per heavy atom. The highest BCUT2D eigenvalue weighted by molar-refractivity contribution is 8.00. The van der Waals surface area contributed by atoms with Gasteiger partial charge in [0.05, 0.1) is 37.4 Å². The second-order valence-electron chi connectivity index (χ2n) is 13.6. The number of pyridine rings is 1. The molecule has 45 heavy (non-hydrogen) atoms. The Hall–Kier alpha value is -3.62. The summed E-state index contributed by atoms with van der Waals surface area (Å²) in [6.07, 6.45) is 3.86. The first-order valence-electron chi connectivity index (χ1n) is 16.0. The molecule has 236 valence electrons. The molecule has 0 radical (unpaired) electrons. The van der Waals surface area contributed by atoms with Crippen molar-refractivity contribution in [3.05, 3.63) is 88.7 Å². The summed E-state index contributed by atoms with van der Waals surface area (Å²) in [7, 11) is 0. The van der Waals surface area contributed by atoms with Crippen LogP contribution in [-0.2, 0) is 11.2 Å². The molecule has 1 fully saturated rings. The van der Waals surface area contributed by atoms with Gasteiger partial charge in [-0.2, -0.15) is 4.98 Å². The van der Waals surface area contributed by atoms with E-state index in [1.54, 1.807) is 11.9 Å². The van der Waals surface area contributed by atoms with Gasteiger partial charge >= 0.3 is 0 Å². The molecule has 2 atom stereocenters. The number of aryl methyl sites for hydroxylation is 2. The number of rotatable bonds is 5. The SMILES string of the molecule is Cc1cccc(C)c1-c1nc2nc(c1C)OCC(CC(C)(C)C)C(Cc1ccc(N3CCOCC3)cn1)c1cccc(c1)SN2. The molecular formula is C37H45N5O2S. The van der Waals surface area contributed by atoms with Gasteiger partial charge in [0.15, 0.2) is 0 Å². The molecule has 4 aromatic rings. The average molecular weight is 624 g/mol. The first-order valence-corrected chi connectivity index (χ1v) is 16.8. The second-order valence-corrected chi connectivity index (χ2v) is 14.5. The normalized spacial score (nSPS) is 18.8. The molecule has 2 aliphatic heterocycles. The molecule has 8 heteroatoms. The molecule has 2 aliphatic rings. The highest BCUT2D eigenvalue weighted by Gasteiger charge is 2.31. The number of fused-ring (bicyclic) bond motifs is 4. The van der Waals surface area contributed by atoms with E-state index in [-0.39, 0.29) is 17.3 Å². The maximum Gasteiger partial charge on any atom is 0.237 e. The summed E-state index contributed by atoms with van der Waals surface area (Å²) in [6.45, 7) is 17.2. The number of nitrogens with zero attached hydrogens (tertiary/aromatic N) is 4. The summed E-state index contributed by atoms with van der Waals surface area (Å²) in [5.74, 6) is 1.64. The third-order valence-corrected chi connectivity index (χ3v) is 9.63. The summed E-state index contributed by atoms with van der Waals surface area (Å²) in [6, 6.07) is 19.7. The number of benzene rings is 2. The second kappa shape index (κ2) is 13.4. The minimum Gasteiger partial charge on any atom is -0.477 e. The van der Waals surface area contributed by atoms with Crippen molar-refractivity contribution in [1.82, 2.24) is 15.0 Å². The molecule has 0 saturated carbocycles. The lowest BCUT2D eigenvalue weighted by atomic mass is 9.74. The zero-order valence-electron chi connectivity index (χ0n) is 27.4. The van der Waals surface area contributed by atoms with Gasteiger partial charge in [-0.3, -0.25) is 9.71 Å². The van der Waals surface area contributed by atoms with Crippen molar-refractivity contribution in [3.63, 3.8) is 0 Å². The van der Waals surface area contributed by atoms with E-state index in [1.807, 2.05) is 6.20 Å². The van der Waals surface area contributed by atoms with Crippen LogP contribution in [-0.4, -0.2) is 47.9 Å². The Bertz CT molecular complexity index is 1610. The standard InChI is InChI=1S/C37H45N5O2S/c1-24-9-7-10-25(2)33(24)34-26(3)35-40-36(39-34)41-45-31-12-8-11-27(19-31)32(28(23-44-35)21-37(4,5)6)20-29-13-14-30(22-38-29)42-15-17-43-18-16-42/h7-14,19,22,28,32H,15-18,20-21,23H2,1-6H3,(H,39,40,41). The summed E-state index contributed by atoms with van der Waals surface area (Å²) in [4.78, 5) is 18.4. The van der Waals surface area contributed by atoms with Gasteiger partial charge in [-0.1, -0.05) is 51.1 Å². The van der Waals surface area contributed by atoms with Crippen molar-refractivity contribution >= 4 is 23.6 Å². The highest BCUT2D eigenvalue weighted by atomic mass is 32.2. The molecule has 1 saturated heterocycles. The molecule has 0 amide bonds. The van der Waals surface area contributed by atoms with Crippen LogP contribution in [0, 0.1) is 32.1 Å². The third-order valence-electron chi connectivity index (χ3n) is 8.86. The lowest BCUT2D eigenvalue weighted by molar-refractivity contribution is 0.122. The minimum absolute atomic E-state index is 0.111. The molecule has 4 heterocycles. The van der Waals surface area contributed by atoms with Crippen molar-refractivity contribution in [2.24, 2.45) is 11.3 Å². The van der Waals surface area contributed by atoms with Crippen molar-refractivity contribution in [1.29, 1.82) is 0 Å². The Balaban J connectivity index is 1.38. The summed E-state index contributed by atoms with van der Waals surface area (Å²) >= 11 is 1.54. The van der Waals surface area contributed by atoms with Gasteiger partial charge in [-0.25, -0.2) is 4.98 Å². The van der Waals surface area contributed by atoms with Crippen LogP contribution in [0.2, 0.25) is 0 Å². The lowest BCUT2D eigenvalue weighted by Crippen LogP contribution is -2.36. The fourth-order valence-electron chi connectivity index (χ4n) is 6.64. The smallest absolute Gasteiger partial charge is 0.237 e. The van der Waals surface area contributed by atoms with Gasteiger partial charge in [-0.15, -0.1) is 0 Å². The highest BCUT2D eigenvalue weighted by Crippen LogP contribution is 2.40. The first-order chi connectivity index (χ1) is 21.6. The molecule has 1 N–H and O–H groups in total. The third kappa shape index (κ3) is 7.45. The topological polar surface area (TPSA) is 72.4 Å². The van der Waals surface area contributed by atoms with Gasteiger partial charge in [0, 0.05) is 40.7 Å². The van der Waals surface area contributed by atoms with E-state index in [9.17, 15) is 0 Å². The zero-order chi connectivity index (χ0) is 31.6. The van der Waals surface area contributed by atoms with E-state index in [2.05, 4.69) is 106 Å². The number of nitrogens with one attached hydrogen (secondary N) is 1. The summed E-state index contributed by atoms with van der Waals surface area (Å²) in [5, 5.41) is 0. The van der Waals surface area contributed by atoms with Crippen molar-refractivity contribution in [3.8, 4) is 17.1 Å². The van der Waals surface area contributed by atoms with E-state index in [0.717, 1.165) is 72.2 Å². The molecule has 0 aliphatic carbocycles. The van der Waals surface area contributed by atoms with E-state index in [4.69, 9.17) is 24.4 Å².